The van der Waals surface area contributed by atoms with Crippen LogP contribution in [0.3, 0.4) is 0 Å². The van der Waals surface area contributed by atoms with E-state index in [1.165, 1.54) is 7.05 Å². The van der Waals surface area contributed by atoms with Crippen LogP contribution in [0.2, 0.25) is 0 Å². The topological polar surface area (TPSA) is 86.8 Å². The molecule has 2 amide bonds. The highest BCUT2D eigenvalue weighted by molar-refractivity contribution is 7.89. The zero-order chi connectivity index (χ0) is 27.3. The Morgan fingerprint density at radius 1 is 0.974 bits per heavy atom. The normalized spacial score (nSPS) is 15.1. The number of carbonyl (C=O) groups excluding carboxylic acids is 2. The Morgan fingerprint density at radius 3 is 2.32 bits per heavy atom. The molecule has 8 heteroatoms. The molecule has 0 aliphatic heterocycles. The third-order valence-electron chi connectivity index (χ3n) is 7.48. The summed E-state index contributed by atoms with van der Waals surface area (Å²) in [4.78, 5) is 28.8. The van der Waals surface area contributed by atoms with E-state index in [1.54, 1.807) is 23.1 Å². The number of carbonyl (C=O) groups is 2. The number of amides is 2. The fourth-order valence-corrected chi connectivity index (χ4v) is 6.29. The van der Waals surface area contributed by atoms with Crippen LogP contribution in [0.1, 0.15) is 50.2 Å². The number of hydrogen-bond donors (Lipinski definition) is 1. The summed E-state index contributed by atoms with van der Waals surface area (Å²) in [6.07, 6.45) is 4.49. The molecular formula is C30H37N3O4S. The maximum Gasteiger partial charge on any atom is 0.243 e. The van der Waals surface area contributed by atoms with Crippen molar-refractivity contribution in [2.45, 2.75) is 69.5 Å². The molecule has 0 bridgehead atoms. The van der Waals surface area contributed by atoms with E-state index in [2.05, 4.69) is 5.32 Å². The van der Waals surface area contributed by atoms with Gasteiger partial charge in [0.25, 0.3) is 0 Å². The molecule has 38 heavy (non-hydrogen) atoms. The van der Waals surface area contributed by atoms with Gasteiger partial charge < -0.3 is 10.2 Å². The molecule has 0 radical (unpaired) electrons. The molecule has 4 rings (SSSR count). The number of nitrogens with one attached hydrogen (secondary N) is 1. The summed E-state index contributed by atoms with van der Waals surface area (Å²) in [6, 6.07) is 19.7. The van der Waals surface area contributed by atoms with Gasteiger partial charge in [0, 0.05) is 19.6 Å². The first-order chi connectivity index (χ1) is 18.2. The second kappa shape index (κ2) is 12.1. The van der Waals surface area contributed by atoms with E-state index in [0.29, 0.717) is 6.42 Å². The molecule has 0 spiro atoms. The SMILES string of the molecule is CC[C@H](C(=O)NC1CCCC1)N(Cc1ccccc1C)C(=O)CN(C)S(=O)(=O)c1ccc2ccccc2c1. The van der Waals surface area contributed by atoms with Crippen LogP contribution in [0.4, 0.5) is 0 Å². The van der Waals surface area contributed by atoms with Crippen LogP contribution >= 0.6 is 0 Å². The number of rotatable bonds is 10. The molecule has 1 fully saturated rings. The fraction of sp³-hybridized carbons (Fsp3) is 0.400. The molecule has 3 aromatic carbocycles. The second-order valence-electron chi connectivity index (χ2n) is 10.1. The molecule has 0 heterocycles. The molecule has 0 unspecified atom stereocenters. The quantitative estimate of drug-likeness (QED) is 0.410. The van der Waals surface area contributed by atoms with Crippen LogP contribution < -0.4 is 5.32 Å². The summed E-state index contributed by atoms with van der Waals surface area (Å²) in [5.74, 6) is -0.588. The van der Waals surface area contributed by atoms with Gasteiger partial charge in [-0.2, -0.15) is 4.31 Å². The minimum atomic E-state index is -3.93. The summed E-state index contributed by atoms with van der Waals surface area (Å²) in [6.45, 7) is 3.71. The van der Waals surface area contributed by atoms with E-state index in [1.807, 2.05) is 62.4 Å². The van der Waals surface area contributed by atoms with Gasteiger partial charge in [-0.25, -0.2) is 8.42 Å². The van der Waals surface area contributed by atoms with Gasteiger partial charge in [-0.3, -0.25) is 9.59 Å². The van der Waals surface area contributed by atoms with Gasteiger partial charge in [-0.1, -0.05) is 74.4 Å². The molecule has 1 aliphatic rings. The van der Waals surface area contributed by atoms with Crippen molar-refractivity contribution < 1.29 is 18.0 Å². The Balaban J connectivity index is 1.58. The van der Waals surface area contributed by atoms with Gasteiger partial charge in [-0.15, -0.1) is 0 Å². The Bertz CT molecular complexity index is 1400. The maximum absolute atomic E-state index is 13.7. The summed E-state index contributed by atoms with van der Waals surface area (Å²) in [5.41, 5.74) is 1.93. The fourth-order valence-electron chi connectivity index (χ4n) is 5.13. The zero-order valence-electron chi connectivity index (χ0n) is 22.4. The predicted octanol–water partition coefficient (Wildman–Crippen LogP) is 4.63. The van der Waals surface area contributed by atoms with E-state index in [-0.39, 0.29) is 29.9 Å². The van der Waals surface area contributed by atoms with Gasteiger partial charge >= 0.3 is 0 Å². The number of fused-ring (bicyclic) bond motifs is 1. The number of aryl methyl sites for hydroxylation is 1. The smallest absolute Gasteiger partial charge is 0.243 e. The largest absolute Gasteiger partial charge is 0.352 e. The number of sulfonamides is 1. The minimum absolute atomic E-state index is 0.128. The van der Waals surface area contributed by atoms with E-state index in [4.69, 9.17) is 0 Å². The van der Waals surface area contributed by atoms with Crippen LogP contribution in [-0.4, -0.2) is 55.1 Å². The number of likely N-dealkylation sites (N-methyl/N-ethyl adjacent to an activating group) is 1. The number of nitrogens with zero attached hydrogens (tertiary/aromatic N) is 2. The van der Waals surface area contributed by atoms with Crippen molar-refractivity contribution in [3.8, 4) is 0 Å². The van der Waals surface area contributed by atoms with Gasteiger partial charge in [0.05, 0.1) is 11.4 Å². The molecular weight excluding hydrogens is 498 g/mol. The van der Waals surface area contributed by atoms with Crippen molar-refractivity contribution in [3.63, 3.8) is 0 Å². The Morgan fingerprint density at radius 2 is 1.63 bits per heavy atom. The molecule has 1 N–H and O–H groups in total. The van der Waals surface area contributed by atoms with Crippen LogP contribution in [0.25, 0.3) is 10.8 Å². The van der Waals surface area contributed by atoms with Crippen LogP contribution in [0, 0.1) is 6.92 Å². The highest BCUT2D eigenvalue weighted by Crippen LogP contribution is 2.23. The number of benzene rings is 3. The summed E-state index contributed by atoms with van der Waals surface area (Å²) in [7, 11) is -2.52. The summed E-state index contributed by atoms with van der Waals surface area (Å²) < 4.78 is 27.9. The average molecular weight is 536 g/mol. The molecule has 1 atom stereocenters. The Hall–Kier alpha value is -3.23. The average Bonchev–Trinajstić information content (AvgIpc) is 3.42. The van der Waals surface area contributed by atoms with Crippen LogP contribution in [-0.2, 0) is 26.2 Å². The van der Waals surface area contributed by atoms with E-state index in [0.717, 1.165) is 51.9 Å². The molecule has 0 saturated heterocycles. The van der Waals surface area contributed by atoms with E-state index < -0.39 is 22.0 Å². The minimum Gasteiger partial charge on any atom is -0.352 e. The van der Waals surface area contributed by atoms with Gasteiger partial charge in [-0.05, 0) is 60.2 Å². The zero-order valence-corrected chi connectivity index (χ0v) is 23.2. The molecule has 0 aromatic heterocycles. The lowest BCUT2D eigenvalue weighted by Gasteiger charge is -2.33. The van der Waals surface area contributed by atoms with E-state index >= 15 is 0 Å². The highest BCUT2D eigenvalue weighted by atomic mass is 32.2. The first-order valence-corrected chi connectivity index (χ1v) is 14.7. The Kier molecular flexibility index (Phi) is 8.84. The van der Waals surface area contributed by atoms with Crippen molar-refractivity contribution in [1.29, 1.82) is 0 Å². The third kappa shape index (κ3) is 6.25. The molecule has 202 valence electrons. The first-order valence-electron chi connectivity index (χ1n) is 13.3. The lowest BCUT2D eigenvalue weighted by Crippen LogP contribution is -2.53. The molecule has 7 nitrogen and oxygen atoms in total. The van der Waals surface area contributed by atoms with Crippen molar-refractivity contribution in [1.82, 2.24) is 14.5 Å². The second-order valence-corrected chi connectivity index (χ2v) is 12.2. The van der Waals surface area contributed by atoms with Crippen LogP contribution in [0.15, 0.2) is 71.6 Å². The summed E-state index contributed by atoms with van der Waals surface area (Å²) in [5, 5.41) is 4.88. The first kappa shape index (κ1) is 27.8. The van der Waals surface area contributed by atoms with Crippen LogP contribution in [0.5, 0.6) is 0 Å². The Labute approximate surface area is 225 Å². The van der Waals surface area contributed by atoms with Crippen molar-refractivity contribution >= 4 is 32.6 Å². The summed E-state index contributed by atoms with van der Waals surface area (Å²) >= 11 is 0. The lowest BCUT2D eigenvalue weighted by molar-refractivity contribution is -0.141. The van der Waals surface area contributed by atoms with Gasteiger partial charge in [0.15, 0.2) is 0 Å². The van der Waals surface area contributed by atoms with Crippen molar-refractivity contribution in [3.05, 3.63) is 77.9 Å². The molecule has 1 aliphatic carbocycles. The standard InChI is InChI=1S/C30H37N3O4S/c1-4-28(30(35)31-26-15-9-10-16-26)33(20-25-14-6-5-11-22(25)2)29(34)21-32(3)38(36,37)27-18-17-23-12-7-8-13-24(23)19-27/h5-8,11-14,17-19,26,28H,4,9-10,15-16,20-21H2,1-3H3,(H,31,35)/t28-/m1/s1. The van der Waals surface area contributed by atoms with Gasteiger partial charge in [0.1, 0.15) is 6.04 Å². The predicted molar refractivity (Wildman–Crippen MR) is 150 cm³/mol. The monoisotopic (exact) mass is 535 g/mol. The number of hydrogen-bond acceptors (Lipinski definition) is 4. The van der Waals surface area contributed by atoms with E-state index in [9.17, 15) is 18.0 Å². The third-order valence-corrected chi connectivity index (χ3v) is 9.28. The highest BCUT2D eigenvalue weighted by Gasteiger charge is 2.33. The van der Waals surface area contributed by atoms with Crippen molar-refractivity contribution in [2.24, 2.45) is 0 Å². The van der Waals surface area contributed by atoms with Gasteiger partial charge in [0.2, 0.25) is 21.8 Å². The molecule has 1 saturated carbocycles. The van der Waals surface area contributed by atoms with Crippen molar-refractivity contribution in [2.75, 3.05) is 13.6 Å². The molecule has 3 aromatic rings. The lowest BCUT2D eigenvalue weighted by atomic mass is 10.1. The maximum atomic E-state index is 13.7.